The number of hydrogen-bond donors (Lipinski definition) is 4. The van der Waals surface area contributed by atoms with Crippen LogP contribution in [0.25, 0.3) is 0 Å². The maximum Gasteiger partial charge on any atom is 0.328 e. The monoisotopic (exact) mass is 455 g/mol. The summed E-state index contributed by atoms with van der Waals surface area (Å²) in [5, 5.41) is 23.6. The van der Waals surface area contributed by atoms with Crippen LogP contribution in [-0.2, 0) is 6.54 Å². The summed E-state index contributed by atoms with van der Waals surface area (Å²) in [4.78, 5) is 30.0. The van der Waals surface area contributed by atoms with Crippen molar-refractivity contribution in [1.29, 1.82) is 0 Å². The summed E-state index contributed by atoms with van der Waals surface area (Å²) in [6, 6.07) is 10.9. The lowest BCUT2D eigenvalue weighted by atomic mass is 9.91. The molecule has 32 heavy (non-hydrogen) atoms. The van der Waals surface area contributed by atoms with Crippen molar-refractivity contribution in [3.05, 3.63) is 95.8 Å². The molecule has 4 N–H and O–H groups in total. The molecule has 0 saturated heterocycles. The first-order valence-electron chi connectivity index (χ1n) is 9.84. The van der Waals surface area contributed by atoms with E-state index in [0.29, 0.717) is 29.4 Å². The molecule has 4 rings (SSSR count). The van der Waals surface area contributed by atoms with E-state index in [4.69, 9.17) is 4.74 Å². The van der Waals surface area contributed by atoms with Gasteiger partial charge < -0.3 is 15.1 Å². The zero-order valence-corrected chi connectivity index (χ0v) is 18.6. The first-order chi connectivity index (χ1) is 15.3. The minimum Gasteiger partial charge on any atom is -0.497 e. The van der Waals surface area contributed by atoms with Gasteiger partial charge in [-0.3, -0.25) is 14.8 Å². The average Bonchev–Trinajstić information content (AvgIpc) is 3.35. The van der Waals surface area contributed by atoms with Gasteiger partial charge in [-0.15, -0.1) is 11.3 Å². The summed E-state index contributed by atoms with van der Waals surface area (Å²) < 4.78 is 8.17. The molecule has 0 radical (unpaired) electrons. The van der Waals surface area contributed by atoms with Crippen molar-refractivity contribution in [2.75, 3.05) is 7.11 Å². The van der Waals surface area contributed by atoms with Crippen LogP contribution in [0.1, 0.15) is 39.1 Å². The Morgan fingerprint density at radius 3 is 2.47 bits per heavy atom. The van der Waals surface area contributed by atoms with E-state index in [-0.39, 0.29) is 5.56 Å². The summed E-state index contributed by atoms with van der Waals surface area (Å²) in [6.07, 6.45) is 0. The molecule has 1 unspecified atom stereocenters. The van der Waals surface area contributed by atoms with E-state index in [9.17, 15) is 19.9 Å². The molecule has 1 aromatic carbocycles. The fourth-order valence-corrected chi connectivity index (χ4v) is 4.53. The number of aromatic hydroxyl groups is 1. The Hall–Kier alpha value is -3.79. The molecule has 166 valence electrons. The van der Waals surface area contributed by atoms with Gasteiger partial charge in [-0.2, -0.15) is 0 Å². The molecule has 9 nitrogen and oxygen atoms in total. The van der Waals surface area contributed by atoms with Gasteiger partial charge in [0.15, 0.2) is 5.69 Å². The molecule has 3 heterocycles. The standard InChI is InChI=1S/C22H22N4O5S/c1-12-13(2)26(30)21(25(12)11-16-5-4-10-32-16)17(14-6-8-15(31-3)9-7-14)18-19(27)23-22(29)24-20(18)28/h4-10,17H,11H2,1-3H3,(H3-,23,24,27,28,29,30)/p+1. The minimum absolute atomic E-state index is 0.0810. The SMILES string of the molecule is COc1ccc(C(c2c(O)[nH]c(=O)[nH]c2=O)c2n(O)c(C)c(C)[n+]2Cc2cccs2)cc1. The van der Waals surface area contributed by atoms with Gasteiger partial charge in [0.25, 0.3) is 5.56 Å². The van der Waals surface area contributed by atoms with E-state index in [1.807, 2.05) is 29.0 Å². The lowest BCUT2D eigenvalue weighted by Crippen LogP contribution is -2.43. The maximum atomic E-state index is 12.8. The average molecular weight is 456 g/mol. The van der Waals surface area contributed by atoms with Crippen LogP contribution in [0, 0.1) is 13.8 Å². The second kappa shape index (κ2) is 8.39. The smallest absolute Gasteiger partial charge is 0.328 e. The molecule has 4 aromatic rings. The third kappa shape index (κ3) is 3.69. The summed E-state index contributed by atoms with van der Waals surface area (Å²) in [5.41, 5.74) is 0.369. The van der Waals surface area contributed by atoms with Crippen LogP contribution >= 0.6 is 11.3 Å². The van der Waals surface area contributed by atoms with Crippen LogP contribution in [-0.4, -0.2) is 32.1 Å². The van der Waals surface area contributed by atoms with Crippen molar-refractivity contribution < 1.29 is 19.6 Å². The third-order valence-electron chi connectivity index (χ3n) is 5.59. The number of benzene rings is 1. The molecule has 0 aliphatic heterocycles. The number of rotatable bonds is 6. The van der Waals surface area contributed by atoms with Crippen molar-refractivity contribution in [2.24, 2.45) is 0 Å². The highest BCUT2D eigenvalue weighted by atomic mass is 32.1. The first-order valence-corrected chi connectivity index (χ1v) is 10.7. The largest absolute Gasteiger partial charge is 0.497 e. The van der Waals surface area contributed by atoms with Gasteiger partial charge in [-0.05, 0) is 33.9 Å². The third-order valence-corrected chi connectivity index (χ3v) is 6.45. The molecule has 10 heteroatoms. The Morgan fingerprint density at radius 2 is 1.88 bits per heavy atom. The van der Waals surface area contributed by atoms with Crippen LogP contribution in [0.2, 0.25) is 0 Å². The molecule has 3 aromatic heterocycles. The number of nitrogens with one attached hydrogen (secondary N) is 2. The number of H-pyrrole nitrogens is 2. The van der Waals surface area contributed by atoms with Crippen LogP contribution in [0.5, 0.6) is 11.6 Å². The van der Waals surface area contributed by atoms with E-state index in [2.05, 4.69) is 9.97 Å². The summed E-state index contributed by atoms with van der Waals surface area (Å²) in [6.45, 7) is 4.11. The normalized spacial score (nSPS) is 12.1. The number of aromatic amines is 2. The first kappa shape index (κ1) is 21.4. The number of hydrogen-bond acceptors (Lipinski definition) is 6. The second-order valence-electron chi connectivity index (χ2n) is 7.38. The van der Waals surface area contributed by atoms with E-state index in [0.717, 1.165) is 15.3 Å². The lowest BCUT2D eigenvalue weighted by Gasteiger charge is -2.16. The Balaban J connectivity index is 2.02. The van der Waals surface area contributed by atoms with Gasteiger partial charge >= 0.3 is 11.5 Å². The molecule has 1 atom stereocenters. The van der Waals surface area contributed by atoms with Gasteiger partial charge in [-0.25, -0.2) is 9.36 Å². The molecule has 0 bridgehead atoms. The van der Waals surface area contributed by atoms with Gasteiger partial charge in [0.05, 0.1) is 12.7 Å². The molecule has 0 amide bonds. The number of methoxy groups -OCH3 is 1. The fraction of sp³-hybridized carbons (Fsp3) is 0.227. The highest BCUT2D eigenvalue weighted by Gasteiger charge is 2.38. The molecular weight excluding hydrogens is 432 g/mol. The maximum absolute atomic E-state index is 12.8. The van der Waals surface area contributed by atoms with E-state index in [1.165, 1.54) is 0 Å². The Labute approximate surface area is 186 Å². The van der Waals surface area contributed by atoms with Gasteiger partial charge in [-0.1, -0.05) is 18.2 Å². The molecule has 0 saturated carbocycles. The quantitative estimate of drug-likeness (QED) is 0.262. The molecule has 0 aliphatic rings. The predicted octanol–water partition coefficient (Wildman–Crippen LogP) is 2.01. The summed E-state index contributed by atoms with van der Waals surface area (Å²) in [5.74, 6) is -0.464. The van der Waals surface area contributed by atoms with Crippen LogP contribution in [0.15, 0.2) is 51.4 Å². The summed E-state index contributed by atoms with van der Waals surface area (Å²) in [7, 11) is 1.55. The van der Waals surface area contributed by atoms with Crippen molar-refractivity contribution >= 4 is 11.3 Å². The summed E-state index contributed by atoms with van der Waals surface area (Å²) >= 11 is 1.57. The number of thiophene rings is 1. The van der Waals surface area contributed by atoms with Crippen LogP contribution in [0.3, 0.4) is 0 Å². The zero-order valence-electron chi connectivity index (χ0n) is 17.7. The van der Waals surface area contributed by atoms with Crippen LogP contribution < -0.4 is 20.6 Å². The number of imidazole rings is 1. The predicted molar refractivity (Wildman–Crippen MR) is 118 cm³/mol. The van der Waals surface area contributed by atoms with Crippen molar-refractivity contribution in [2.45, 2.75) is 26.3 Å². The number of aromatic nitrogens is 4. The second-order valence-corrected chi connectivity index (χ2v) is 8.42. The Morgan fingerprint density at radius 1 is 1.16 bits per heavy atom. The highest BCUT2D eigenvalue weighted by Crippen LogP contribution is 2.33. The van der Waals surface area contributed by atoms with Gasteiger partial charge in [0.2, 0.25) is 5.88 Å². The molecule has 0 spiro atoms. The topological polar surface area (TPSA) is 124 Å². The Bertz CT molecular complexity index is 1370. The van der Waals surface area contributed by atoms with Crippen LogP contribution in [0.4, 0.5) is 0 Å². The van der Waals surface area contributed by atoms with Crippen molar-refractivity contribution in [3.63, 3.8) is 0 Å². The van der Waals surface area contributed by atoms with Crippen molar-refractivity contribution in [3.8, 4) is 11.6 Å². The van der Waals surface area contributed by atoms with E-state index >= 15 is 0 Å². The fourth-order valence-electron chi connectivity index (χ4n) is 3.84. The highest BCUT2D eigenvalue weighted by molar-refractivity contribution is 7.09. The van der Waals surface area contributed by atoms with Gasteiger partial charge in [0, 0.05) is 18.7 Å². The molecule has 0 fully saturated rings. The lowest BCUT2D eigenvalue weighted by molar-refractivity contribution is -0.702. The van der Waals surface area contributed by atoms with Gasteiger partial charge in [0.1, 0.15) is 23.9 Å². The minimum atomic E-state index is -0.890. The van der Waals surface area contributed by atoms with Crippen molar-refractivity contribution in [1.82, 2.24) is 14.7 Å². The zero-order chi connectivity index (χ0) is 23.0. The van der Waals surface area contributed by atoms with E-state index < -0.39 is 23.0 Å². The van der Waals surface area contributed by atoms with E-state index in [1.54, 1.807) is 49.6 Å². The Kier molecular flexibility index (Phi) is 5.62. The number of nitrogens with zero attached hydrogens (tertiary/aromatic N) is 2. The molecule has 0 aliphatic carbocycles. The molecular formula is C22H23N4O5S+. The number of ether oxygens (including phenoxy) is 1.